The van der Waals surface area contributed by atoms with Gasteiger partial charge < -0.3 is 5.32 Å². The van der Waals surface area contributed by atoms with E-state index in [0.717, 1.165) is 37.5 Å². The Balaban J connectivity index is 1.57. The third-order valence-corrected chi connectivity index (χ3v) is 4.50. The van der Waals surface area contributed by atoms with Gasteiger partial charge in [0.1, 0.15) is 5.82 Å². The summed E-state index contributed by atoms with van der Waals surface area (Å²) in [5, 5.41) is 3.75. The van der Waals surface area contributed by atoms with Gasteiger partial charge in [-0.25, -0.2) is 4.39 Å². The molecule has 3 rings (SSSR count). The molecule has 0 spiro atoms. The fourth-order valence-corrected chi connectivity index (χ4v) is 3.19. The molecule has 0 saturated carbocycles. The summed E-state index contributed by atoms with van der Waals surface area (Å²) in [6, 6.07) is 13.7. The molecule has 0 unspecified atom stereocenters. The van der Waals surface area contributed by atoms with Crippen LogP contribution in [0.3, 0.4) is 0 Å². The molecular formula is C19H20ClFN2O. The number of carbonyl (C=O) groups excluding carboxylic acids is 1. The van der Waals surface area contributed by atoms with E-state index < -0.39 is 5.82 Å². The van der Waals surface area contributed by atoms with E-state index in [0.29, 0.717) is 5.56 Å². The molecule has 0 radical (unpaired) electrons. The van der Waals surface area contributed by atoms with Gasteiger partial charge in [0, 0.05) is 29.7 Å². The number of hydrogen-bond acceptors (Lipinski definition) is 2. The number of halogens is 2. The highest BCUT2D eigenvalue weighted by molar-refractivity contribution is 6.30. The van der Waals surface area contributed by atoms with Crippen LogP contribution in [-0.4, -0.2) is 29.9 Å². The van der Waals surface area contributed by atoms with E-state index in [4.69, 9.17) is 11.6 Å². The second-order valence-electron chi connectivity index (χ2n) is 6.18. The summed E-state index contributed by atoms with van der Waals surface area (Å²) in [5.74, 6) is -0.608. The molecule has 0 aromatic heterocycles. The van der Waals surface area contributed by atoms with Crippen LogP contribution < -0.4 is 5.32 Å². The van der Waals surface area contributed by atoms with E-state index in [1.807, 2.05) is 24.3 Å². The lowest BCUT2D eigenvalue weighted by molar-refractivity contribution is 0.0900. The van der Waals surface area contributed by atoms with E-state index >= 15 is 0 Å². The van der Waals surface area contributed by atoms with Gasteiger partial charge in [0.25, 0.3) is 5.91 Å². The summed E-state index contributed by atoms with van der Waals surface area (Å²) in [4.78, 5) is 14.6. The second-order valence-corrected chi connectivity index (χ2v) is 6.62. The minimum absolute atomic E-state index is 0.0850. The topological polar surface area (TPSA) is 32.3 Å². The number of nitrogens with one attached hydrogen (secondary N) is 1. The van der Waals surface area contributed by atoms with Crippen molar-refractivity contribution in [2.24, 2.45) is 0 Å². The van der Waals surface area contributed by atoms with Crippen LogP contribution in [0.4, 0.5) is 4.39 Å². The summed E-state index contributed by atoms with van der Waals surface area (Å²) in [5.41, 5.74) is 1.57. The number of piperidine rings is 1. The van der Waals surface area contributed by atoms with Gasteiger partial charge in [-0.2, -0.15) is 0 Å². The van der Waals surface area contributed by atoms with E-state index in [1.54, 1.807) is 12.1 Å². The molecular weight excluding hydrogens is 327 g/mol. The zero-order valence-corrected chi connectivity index (χ0v) is 14.1. The maximum absolute atomic E-state index is 13.2. The number of rotatable bonds is 4. The van der Waals surface area contributed by atoms with Crippen LogP contribution in [0.5, 0.6) is 0 Å². The van der Waals surface area contributed by atoms with Gasteiger partial charge in [-0.3, -0.25) is 9.69 Å². The number of hydrogen-bond donors (Lipinski definition) is 1. The minimum atomic E-state index is -0.393. The van der Waals surface area contributed by atoms with Gasteiger partial charge in [-0.05, 0) is 55.3 Å². The zero-order valence-electron chi connectivity index (χ0n) is 13.3. The normalized spacial score (nSPS) is 18.3. The number of likely N-dealkylation sites (tertiary alicyclic amines) is 1. The first kappa shape index (κ1) is 16.9. The quantitative estimate of drug-likeness (QED) is 0.911. The molecule has 1 N–H and O–H groups in total. The smallest absolute Gasteiger partial charge is 0.251 e. The van der Waals surface area contributed by atoms with Crippen molar-refractivity contribution in [3.05, 3.63) is 70.5 Å². The monoisotopic (exact) mass is 346 g/mol. The molecule has 3 nitrogen and oxygen atoms in total. The minimum Gasteiger partial charge on any atom is -0.348 e. The Kier molecular flexibility index (Phi) is 5.48. The Bertz CT molecular complexity index is 705. The molecule has 126 valence electrons. The molecule has 1 aliphatic heterocycles. The number of carbonyl (C=O) groups is 1. The number of amides is 1. The van der Waals surface area contributed by atoms with Gasteiger partial charge in [0.15, 0.2) is 0 Å². The summed E-state index contributed by atoms with van der Waals surface area (Å²) in [6.45, 7) is 2.64. The van der Waals surface area contributed by atoms with Gasteiger partial charge >= 0.3 is 0 Å². The molecule has 1 amide bonds. The van der Waals surface area contributed by atoms with Gasteiger partial charge in [0.05, 0.1) is 0 Å². The van der Waals surface area contributed by atoms with Crippen molar-refractivity contribution in [2.45, 2.75) is 25.4 Å². The van der Waals surface area contributed by atoms with E-state index in [-0.39, 0.29) is 11.9 Å². The van der Waals surface area contributed by atoms with Gasteiger partial charge in [-0.15, -0.1) is 0 Å². The summed E-state index contributed by atoms with van der Waals surface area (Å²) in [6.07, 6.45) is 1.97. The zero-order chi connectivity index (χ0) is 16.9. The van der Waals surface area contributed by atoms with E-state index in [1.165, 1.54) is 17.7 Å². The molecule has 1 atom stereocenters. The summed E-state index contributed by atoms with van der Waals surface area (Å²) in [7, 11) is 0. The molecule has 2 aromatic rings. The van der Waals surface area contributed by atoms with Crippen molar-refractivity contribution < 1.29 is 9.18 Å². The van der Waals surface area contributed by atoms with Crippen LogP contribution in [0.25, 0.3) is 0 Å². The first-order chi connectivity index (χ1) is 11.6. The predicted molar refractivity (Wildman–Crippen MR) is 93.6 cm³/mol. The third kappa shape index (κ3) is 4.56. The van der Waals surface area contributed by atoms with Crippen molar-refractivity contribution in [3.63, 3.8) is 0 Å². The van der Waals surface area contributed by atoms with E-state index in [2.05, 4.69) is 10.2 Å². The van der Waals surface area contributed by atoms with Crippen molar-refractivity contribution >= 4 is 17.5 Å². The Labute approximate surface area is 146 Å². The molecule has 24 heavy (non-hydrogen) atoms. The van der Waals surface area contributed by atoms with Crippen LogP contribution in [0.1, 0.15) is 28.8 Å². The Hall–Kier alpha value is -1.91. The van der Waals surface area contributed by atoms with E-state index in [9.17, 15) is 9.18 Å². The molecule has 1 saturated heterocycles. The Morgan fingerprint density at radius 2 is 2.04 bits per heavy atom. The van der Waals surface area contributed by atoms with Crippen molar-refractivity contribution in [3.8, 4) is 0 Å². The van der Waals surface area contributed by atoms with Crippen LogP contribution in [0.15, 0.2) is 48.5 Å². The second kappa shape index (κ2) is 7.77. The van der Waals surface area contributed by atoms with Crippen molar-refractivity contribution in [1.82, 2.24) is 10.2 Å². The fraction of sp³-hybridized carbons (Fsp3) is 0.316. The van der Waals surface area contributed by atoms with Crippen LogP contribution in [0, 0.1) is 5.82 Å². The van der Waals surface area contributed by atoms with Crippen molar-refractivity contribution in [2.75, 3.05) is 13.1 Å². The molecule has 1 fully saturated rings. The number of benzene rings is 2. The van der Waals surface area contributed by atoms with Crippen LogP contribution in [-0.2, 0) is 6.54 Å². The molecule has 2 aromatic carbocycles. The third-order valence-electron chi connectivity index (χ3n) is 4.25. The van der Waals surface area contributed by atoms with Gasteiger partial charge in [0.2, 0.25) is 0 Å². The molecule has 5 heteroatoms. The highest BCUT2D eigenvalue weighted by Crippen LogP contribution is 2.16. The lowest BCUT2D eigenvalue weighted by atomic mass is 10.0. The maximum Gasteiger partial charge on any atom is 0.251 e. The van der Waals surface area contributed by atoms with Crippen LogP contribution >= 0.6 is 11.6 Å². The Morgan fingerprint density at radius 1 is 1.25 bits per heavy atom. The summed E-state index contributed by atoms with van der Waals surface area (Å²) >= 11 is 5.92. The standard InChI is InChI=1S/C19H20ClFN2O/c20-16-8-6-14(7-9-16)12-23-10-2-5-18(13-23)22-19(24)15-3-1-4-17(21)11-15/h1,3-4,6-9,11,18H,2,5,10,12-13H2,(H,22,24)/t18-/m0/s1. The fourth-order valence-electron chi connectivity index (χ4n) is 3.06. The predicted octanol–water partition coefficient (Wildman–Crippen LogP) is 3.87. The highest BCUT2D eigenvalue weighted by Gasteiger charge is 2.22. The lowest BCUT2D eigenvalue weighted by Crippen LogP contribution is -2.47. The average Bonchev–Trinajstić information content (AvgIpc) is 2.57. The van der Waals surface area contributed by atoms with Crippen molar-refractivity contribution in [1.29, 1.82) is 0 Å². The molecule has 0 aliphatic carbocycles. The lowest BCUT2D eigenvalue weighted by Gasteiger charge is -2.33. The molecule has 1 aliphatic rings. The highest BCUT2D eigenvalue weighted by atomic mass is 35.5. The van der Waals surface area contributed by atoms with Gasteiger partial charge in [-0.1, -0.05) is 29.8 Å². The van der Waals surface area contributed by atoms with Crippen LogP contribution in [0.2, 0.25) is 5.02 Å². The largest absolute Gasteiger partial charge is 0.348 e. The maximum atomic E-state index is 13.2. The molecule has 1 heterocycles. The SMILES string of the molecule is O=C(N[C@H]1CCCN(Cc2ccc(Cl)cc2)C1)c1cccc(F)c1. The first-order valence-corrected chi connectivity index (χ1v) is 8.51. The number of nitrogens with zero attached hydrogens (tertiary/aromatic N) is 1. The summed E-state index contributed by atoms with van der Waals surface area (Å²) < 4.78 is 13.2. The average molecular weight is 347 g/mol. The Morgan fingerprint density at radius 3 is 2.79 bits per heavy atom. The molecule has 0 bridgehead atoms. The first-order valence-electron chi connectivity index (χ1n) is 8.13.